The van der Waals surface area contributed by atoms with Gasteiger partial charge in [-0.25, -0.2) is 18.2 Å². The maximum atomic E-state index is 12.7. The summed E-state index contributed by atoms with van der Waals surface area (Å²) in [6.07, 6.45) is -5.25. The molecule has 3 heterocycles. The number of thiophene rings is 1. The first-order chi connectivity index (χ1) is 15.5. The number of carbonyl (C=O) groups is 1. The van der Waals surface area contributed by atoms with Crippen LogP contribution < -0.4 is 14.2 Å². The number of H-pyrrole nitrogens is 1. The fourth-order valence-corrected chi connectivity index (χ4v) is 4.78. The summed E-state index contributed by atoms with van der Waals surface area (Å²) in [5, 5.41) is 11.2. The van der Waals surface area contributed by atoms with Crippen LogP contribution in [-0.2, 0) is 10.0 Å². The molecule has 1 aromatic carbocycles. The number of alkyl halides is 3. The highest BCUT2D eigenvalue weighted by Gasteiger charge is 2.31. The highest BCUT2D eigenvalue weighted by atomic mass is 32.2. The molecule has 4 aromatic rings. The molecule has 0 aliphatic rings. The normalized spacial score (nSPS) is 12.0. The average Bonchev–Trinajstić information content (AvgIpc) is 3.33. The number of aromatic nitrogens is 2. The zero-order valence-electron chi connectivity index (χ0n) is 16.1. The van der Waals surface area contributed by atoms with Crippen molar-refractivity contribution in [1.82, 2.24) is 9.97 Å². The van der Waals surface area contributed by atoms with Crippen molar-refractivity contribution in [3.8, 4) is 22.1 Å². The molecule has 0 saturated heterocycles. The smallest absolute Gasteiger partial charge is 0.449 e. The number of benzene rings is 1. The van der Waals surface area contributed by atoms with E-state index in [-0.39, 0.29) is 22.1 Å². The summed E-state index contributed by atoms with van der Waals surface area (Å²) in [6.45, 7) is 0. The molecular formula is C19H12F3N3O6S2. The van der Waals surface area contributed by atoms with E-state index in [4.69, 9.17) is 9.84 Å². The Balaban J connectivity index is 1.67. The van der Waals surface area contributed by atoms with Gasteiger partial charge in [0.05, 0.1) is 22.3 Å². The van der Waals surface area contributed by atoms with E-state index in [1.165, 1.54) is 23.6 Å². The lowest BCUT2D eigenvalue weighted by molar-refractivity contribution is -0.274. The van der Waals surface area contributed by atoms with Gasteiger partial charge in [0.25, 0.3) is 10.0 Å². The van der Waals surface area contributed by atoms with Crippen LogP contribution in [0.3, 0.4) is 0 Å². The van der Waals surface area contributed by atoms with E-state index in [0.717, 1.165) is 24.3 Å². The summed E-state index contributed by atoms with van der Waals surface area (Å²) in [4.78, 5) is 18.3. The third kappa shape index (κ3) is 5.01. The largest absolute Gasteiger partial charge is 0.573 e. The van der Waals surface area contributed by atoms with Gasteiger partial charge in [-0.15, -0.1) is 24.5 Å². The maximum absolute atomic E-state index is 12.7. The maximum Gasteiger partial charge on any atom is 0.573 e. The minimum absolute atomic E-state index is 0.0387. The summed E-state index contributed by atoms with van der Waals surface area (Å²) >= 11 is 1.31. The van der Waals surface area contributed by atoms with Gasteiger partial charge in [0.1, 0.15) is 11.4 Å². The molecule has 0 spiro atoms. The number of nitrogens with one attached hydrogen (secondary N) is 2. The molecule has 172 valence electrons. The van der Waals surface area contributed by atoms with Gasteiger partial charge in [-0.05, 0) is 41.8 Å². The molecule has 0 fully saturated rings. The van der Waals surface area contributed by atoms with Crippen molar-refractivity contribution in [2.24, 2.45) is 0 Å². The van der Waals surface area contributed by atoms with Crippen LogP contribution in [0.25, 0.3) is 21.5 Å². The predicted molar refractivity (Wildman–Crippen MR) is 112 cm³/mol. The molecule has 14 heteroatoms. The van der Waals surface area contributed by atoms with E-state index in [1.54, 1.807) is 17.5 Å². The Morgan fingerprint density at radius 2 is 1.91 bits per heavy atom. The van der Waals surface area contributed by atoms with Crippen molar-refractivity contribution in [2.45, 2.75) is 11.3 Å². The van der Waals surface area contributed by atoms with E-state index in [1.807, 2.05) is 0 Å². The second-order valence-electron chi connectivity index (χ2n) is 6.42. The van der Waals surface area contributed by atoms with Gasteiger partial charge in [0.2, 0.25) is 5.88 Å². The molecule has 0 bridgehead atoms. The second-order valence-corrected chi connectivity index (χ2v) is 9.05. The number of nitrogens with zero attached hydrogens (tertiary/aromatic N) is 1. The number of pyridine rings is 1. The number of hydrogen-bond acceptors (Lipinski definition) is 7. The number of sulfonamides is 1. The first kappa shape index (κ1) is 22.4. The third-order valence-corrected chi connectivity index (χ3v) is 6.48. The summed E-state index contributed by atoms with van der Waals surface area (Å²) in [5.74, 6) is -0.642. The van der Waals surface area contributed by atoms with E-state index >= 15 is 0 Å². The van der Waals surface area contributed by atoms with Crippen LogP contribution in [0.5, 0.6) is 11.6 Å². The van der Waals surface area contributed by atoms with Crippen molar-refractivity contribution < 1.29 is 41.0 Å². The van der Waals surface area contributed by atoms with Crippen molar-refractivity contribution in [3.63, 3.8) is 0 Å². The molecule has 0 amide bonds. The first-order valence-corrected chi connectivity index (χ1v) is 11.2. The number of anilines is 1. The van der Waals surface area contributed by atoms with Crippen molar-refractivity contribution in [1.29, 1.82) is 0 Å². The molecule has 0 aliphatic heterocycles. The van der Waals surface area contributed by atoms with Gasteiger partial charge in [0.15, 0.2) is 0 Å². The standard InChI is InChI=1S/C19H12F3N3O6S2/c20-19(21,22)31-11-3-5-12(6-4-11)33(28,29)25-10-8-13-15(14-2-1-7-32-14)17(30-18(26)27)24-16(13)23-9-10/h1-9,25H,(H,23,24)(H,26,27). The lowest BCUT2D eigenvalue weighted by Gasteiger charge is -2.11. The average molecular weight is 499 g/mol. The minimum Gasteiger partial charge on any atom is -0.449 e. The van der Waals surface area contributed by atoms with Crippen molar-refractivity contribution >= 4 is 44.2 Å². The quantitative estimate of drug-likeness (QED) is 0.317. The highest BCUT2D eigenvalue weighted by Crippen LogP contribution is 2.40. The summed E-state index contributed by atoms with van der Waals surface area (Å²) < 4.78 is 73.1. The highest BCUT2D eigenvalue weighted by molar-refractivity contribution is 7.92. The molecule has 33 heavy (non-hydrogen) atoms. The van der Waals surface area contributed by atoms with Crippen LogP contribution >= 0.6 is 11.3 Å². The molecule has 0 saturated carbocycles. The van der Waals surface area contributed by atoms with E-state index in [9.17, 15) is 26.4 Å². The molecule has 9 nitrogen and oxygen atoms in total. The molecule has 0 unspecified atom stereocenters. The lowest BCUT2D eigenvalue weighted by Crippen LogP contribution is -2.17. The predicted octanol–water partition coefficient (Wildman–Crippen LogP) is 5.05. The van der Waals surface area contributed by atoms with Crippen LogP contribution in [0, 0.1) is 0 Å². The number of hydrogen-bond donors (Lipinski definition) is 3. The Morgan fingerprint density at radius 3 is 2.52 bits per heavy atom. The zero-order valence-corrected chi connectivity index (χ0v) is 17.7. The molecule has 3 N–H and O–H groups in total. The topological polar surface area (TPSA) is 131 Å². The molecule has 0 aliphatic carbocycles. The van der Waals surface area contributed by atoms with Crippen LogP contribution in [0.15, 0.2) is 58.9 Å². The second kappa shape index (κ2) is 8.29. The third-order valence-electron chi connectivity index (χ3n) is 4.19. The van der Waals surface area contributed by atoms with Crippen LogP contribution in [0.4, 0.5) is 23.7 Å². The van der Waals surface area contributed by atoms with Gasteiger partial charge >= 0.3 is 12.5 Å². The Hall–Kier alpha value is -3.78. The number of rotatable bonds is 6. The van der Waals surface area contributed by atoms with Crippen molar-refractivity contribution in [3.05, 3.63) is 54.0 Å². The Bertz CT molecular complexity index is 1420. The van der Waals surface area contributed by atoms with Gasteiger partial charge < -0.3 is 19.6 Å². The molecule has 0 atom stereocenters. The Labute approximate surface area is 187 Å². The molecule has 3 aromatic heterocycles. The van der Waals surface area contributed by atoms with Gasteiger partial charge in [-0.2, -0.15) is 0 Å². The number of aromatic amines is 1. The molecule has 4 rings (SSSR count). The monoisotopic (exact) mass is 499 g/mol. The lowest BCUT2D eigenvalue weighted by atomic mass is 10.2. The van der Waals surface area contributed by atoms with E-state index < -0.39 is 28.3 Å². The van der Waals surface area contributed by atoms with Crippen LogP contribution in [0.1, 0.15) is 0 Å². The number of carboxylic acid groups (broad SMARTS) is 1. The number of fused-ring (bicyclic) bond motifs is 1. The number of ether oxygens (including phenoxy) is 2. The van der Waals surface area contributed by atoms with E-state index in [2.05, 4.69) is 19.4 Å². The van der Waals surface area contributed by atoms with Gasteiger partial charge in [-0.3, -0.25) is 4.72 Å². The Morgan fingerprint density at radius 1 is 1.18 bits per heavy atom. The van der Waals surface area contributed by atoms with Crippen LogP contribution in [-0.4, -0.2) is 36.0 Å². The summed E-state index contributed by atoms with van der Waals surface area (Å²) in [6, 6.07) is 8.57. The number of halogens is 3. The molecular weight excluding hydrogens is 487 g/mol. The molecule has 0 radical (unpaired) electrons. The fourth-order valence-electron chi connectivity index (χ4n) is 2.97. The van der Waals surface area contributed by atoms with Gasteiger partial charge in [0, 0.05) is 10.3 Å². The first-order valence-electron chi connectivity index (χ1n) is 8.87. The summed E-state index contributed by atoms with van der Waals surface area (Å²) in [7, 11) is -4.18. The fraction of sp³-hybridized carbons (Fsp3) is 0.0526. The minimum atomic E-state index is -4.90. The van der Waals surface area contributed by atoms with Gasteiger partial charge in [-0.1, -0.05) is 6.07 Å². The van der Waals surface area contributed by atoms with Crippen molar-refractivity contribution in [2.75, 3.05) is 4.72 Å². The zero-order chi connectivity index (χ0) is 23.8. The van der Waals surface area contributed by atoms with E-state index in [0.29, 0.717) is 15.8 Å². The Kier molecular flexibility index (Phi) is 5.63. The SMILES string of the molecule is O=C(O)Oc1[nH]c2ncc(NS(=O)(=O)c3ccc(OC(F)(F)F)cc3)cc2c1-c1cccs1. The summed E-state index contributed by atoms with van der Waals surface area (Å²) in [5.41, 5.74) is 0.674. The van der Waals surface area contributed by atoms with Crippen LogP contribution in [0.2, 0.25) is 0 Å².